The summed E-state index contributed by atoms with van der Waals surface area (Å²) in [7, 11) is 0. The summed E-state index contributed by atoms with van der Waals surface area (Å²) >= 11 is 6.14. The van der Waals surface area contributed by atoms with E-state index in [0.29, 0.717) is 42.3 Å². The summed E-state index contributed by atoms with van der Waals surface area (Å²) in [4.78, 5) is 18.3. The SMILES string of the molecule is CCCNc1ncc(C(=O)N2CCC(O)CC2)cc1Cl. The molecule has 0 saturated carbocycles. The van der Waals surface area contributed by atoms with Crippen LogP contribution in [-0.4, -0.2) is 46.6 Å². The fourth-order valence-electron chi connectivity index (χ4n) is 2.18. The van der Waals surface area contributed by atoms with E-state index in [1.807, 2.05) is 0 Å². The molecule has 5 nitrogen and oxygen atoms in total. The number of aliphatic hydroxyl groups is 1. The van der Waals surface area contributed by atoms with Crippen molar-refractivity contribution in [3.05, 3.63) is 22.8 Å². The molecule has 0 aromatic carbocycles. The highest BCUT2D eigenvalue weighted by molar-refractivity contribution is 6.33. The molecule has 0 radical (unpaired) electrons. The van der Waals surface area contributed by atoms with Crippen LogP contribution in [-0.2, 0) is 0 Å². The third-order valence-corrected chi connectivity index (χ3v) is 3.67. The van der Waals surface area contributed by atoms with Crippen molar-refractivity contribution in [3.8, 4) is 0 Å². The molecule has 1 fully saturated rings. The molecule has 1 aliphatic heterocycles. The van der Waals surface area contributed by atoms with Crippen molar-refractivity contribution in [1.29, 1.82) is 0 Å². The highest BCUT2D eigenvalue weighted by Gasteiger charge is 2.23. The summed E-state index contributed by atoms with van der Waals surface area (Å²) in [5.74, 6) is 0.535. The molecule has 0 spiro atoms. The lowest BCUT2D eigenvalue weighted by atomic mass is 10.1. The first-order valence-corrected chi connectivity index (χ1v) is 7.36. The number of hydrogen-bond acceptors (Lipinski definition) is 4. The van der Waals surface area contributed by atoms with Gasteiger partial charge in [0.05, 0.1) is 16.7 Å². The summed E-state index contributed by atoms with van der Waals surface area (Å²) in [5, 5.41) is 13.0. The summed E-state index contributed by atoms with van der Waals surface area (Å²) in [6.07, 6.45) is 3.50. The van der Waals surface area contributed by atoms with Gasteiger partial charge >= 0.3 is 0 Å². The van der Waals surface area contributed by atoms with Crippen molar-refractivity contribution in [2.24, 2.45) is 0 Å². The molecular weight excluding hydrogens is 278 g/mol. The second-order valence-corrected chi connectivity index (χ2v) is 5.41. The zero-order chi connectivity index (χ0) is 14.5. The average Bonchev–Trinajstić information content (AvgIpc) is 2.46. The number of piperidine rings is 1. The van der Waals surface area contributed by atoms with Crippen LogP contribution in [0.5, 0.6) is 0 Å². The van der Waals surface area contributed by atoms with E-state index in [9.17, 15) is 9.90 Å². The van der Waals surface area contributed by atoms with E-state index in [4.69, 9.17) is 11.6 Å². The van der Waals surface area contributed by atoms with Crippen LogP contribution in [0.4, 0.5) is 5.82 Å². The Morgan fingerprint density at radius 2 is 2.25 bits per heavy atom. The van der Waals surface area contributed by atoms with Crippen molar-refractivity contribution in [2.75, 3.05) is 25.0 Å². The predicted molar refractivity (Wildman–Crippen MR) is 79.2 cm³/mol. The van der Waals surface area contributed by atoms with Crippen LogP contribution >= 0.6 is 11.6 Å². The maximum Gasteiger partial charge on any atom is 0.255 e. The molecule has 0 bridgehead atoms. The zero-order valence-corrected chi connectivity index (χ0v) is 12.4. The number of carbonyl (C=O) groups excluding carboxylic acids is 1. The van der Waals surface area contributed by atoms with Gasteiger partial charge in [-0.05, 0) is 25.3 Å². The van der Waals surface area contributed by atoms with Gasteiger partial charge in [0.15, 0.2) is 0 Å². The average molecular weight is 298 g/mol. The summed E-state index contributed by atoms with van der Waals surface area (Å²) in [5.41, 5.74) is 0.494. The molecular formula is C14H20ClN3O2. The van der Waals surface area contributed by atoms with E-state index >= 15 is 0 Å². The van der Waals surface area contributed by atoms with Crippen molar-refractivity contribution >= 4 is 23.3 Å². The lowest BCUT2D eigenvalue weighted by Gasteiger charge is -2.29. The van der Waals surface area contributed by atoms with Crippen LogP contribution in [0.1, 0.15) is 36.5 Å². The van der Waals surface area contributed by atoms with Crippen molar-refractivity contribution < 1.29 is 9.90 Å². The standard InChI is InChI=1S/C14H20ClN3O2/c1-2-5-16-13-12(15)8-10(9-17-13)14(20)18-6-3-11(19)4-7-18/h8-9,11,19H,2-7H2,1H3,(H,16,17). The van der Waals surface area contributed by atoms with Gasteiger partial charge in [-0.15, -0.1) is 0 Å². The molecule has 0 atom stereocenters. The first-order valence-electron chi connectivity index (χ1n) is 6.98. The number of halogens is 1. The molecule has 1 aromatic rings. The summed E-state index contributed by atoms with van der Waals surface area (Å²) in [6.45, 7) is 4.01. The normalized spacial score (nSPS) is 16.2. The van der Waals surface area contributed by atoms with Crippen LogP contribution < -0.4 is 5.32 Å². The zero-order valence-electron chi connectivity index (χ0n) is 11.6. The van der Waals surface area contributed by atoms with Gasteiger partial charge in [0.2, 0.25) is 0 Å². The first kappa shape index (κ1) is 15.1. The molecule has 1 aromatic heterocycles. The van der Waals surface area contributed by atoms with Crippen LogP contribution in [0.25, 0.3) is 0 Å². The van der Waals surface area contributed by atoms with Gasteiger partial charge in [-0.25, -0.2) is 4.98 Å². The number of amides is 1. The summed E-state index contributed by atoms with van der Waals surface area (Å²) < 4.78 is 0. The fraction of sp³-hybridized carbons (Fsp3) is 0.571. The van der Waals surface area contributed by atoms with E-state index in [1.54, 1.807) is 17.2 Å². The molecule has 110 valence electrons. The maximum atomic E-state index is 12.3. The number of aromatic nitrogens is 1. The van der Waals surface area contributed by atoms with Crippen LogP contribution in [0.3, 0.4) is 0 Å². The topological polar surface area (TPSA) is 65.5 Å². The van der Waals surface area contributed by atoms with Gasteiger partial charge in [0.1, 0.15) is 5.82 Å². The molecule has 2 N–H and O–H groups in total. The molecule has 1 aliphatic rings. The van der Waals surface area contributed by atoms with Gasteiger partial charge in [0, 0.05) is 25.8 Å². The molecule has 2 heterocycles. The molecule has 1 saturated heterocycles. The number of rotatable bonds is 4. The van der Waals surface area contributed by atoms with Crippen molar-refractivity contribution in [1.82, 2.24) is 9.88 Å². The van der Waals surface area contributed by atoms with E-state index in [1.165, 1.54) is 0 Å². The minimum absolute atomic E-state index is 0.0756. The number of anilines is 1. The van der Waals surface area contributed by atoms with Gasteiger partial charge in [-0.3, -0.25) is 4.79 Å². The monoisotopic (exact) mass is 297 g/mol. The number of nitrogens with one attached hydrogen (secondary N) is 1. The highest BCUT2D eigenvalue weighted by Crippen LogP contribution is 2.22. The predicted octanol–water partition coefficient (Wildman–Crippen LogP) is 2.15. The minimum Gasteiger partial charge on any atom is -0.393 e. The Balaban J connectivity index is 2.05. The number of aliphatic hydroxyl groups excluding tert-OH is 1. The Morgan fingerprint density at radius 1 is 1.55 bits per heavy atom. The van der Waals surface area contributed by atoms with Crippen molar-refractivity contribution in [3.63, 3.8) is 0 Å². The van der Waals surface area contributed by atoms with Crippen LogP contribution in [0.2, 0.25) is 5.02 Å². The summed E-state index contributed by atoms with van der Waals surface area (Å²) in [6, 6.07) is 1.65. The van der Waals surface area contributed by atoms with Crippen molar-refractivity contribution in [2.45, 2.75) is 32.3 Å². The van der Waals surface area contributed by atoms with Crippen LogP contribution in [0.15, 0.2) is 12.3 Å². The second kappa shape index (κ2) is 6.90. The molecule has 1 amide bonds. The number of likely N-dealkylation sites (tertiary alicyclic amines) is 1. The number of carbonyl (C=O) groups is 1. The maximum absolute atomic E-state index is 12.3. The molecule has 2 rings (SSSR count). The lowest BCUT2D eigenvalue weighted by molar-refractivity contribution is 0.0546. The third kappa shape index (κ3) is 3.61. The molecule has 0 unspecified atom stereocenters. The Bertz CT molecular complexity index is 473. The Morgan fingerprint density at radius 3 is 2.85 bits per heavy atom. The molecule has 0 aliphatic carbocycles. The fourth-order valence-corrected chi connectivity index (χ4v) is 2.41. The largest absolute Gasteiger partial charge is 0.393 e. The van der Waals surface area contributed by atoms with Gasteiger partial charge in [0.25, 0.3) is 5.91 Å². The van der Waals surface area contributed by atoms with Gasteiger partial charge in [-0.1, -0.05) is 18.5 Å². The quantitative estimate of drug-likeness (QED) is 0.894. The number of pyridine rings is 1. The first-order chi connectivity index (χ1) is 9.61. The lowest BCUT2D eigenvalue weighted by Crippen LogP contribution is -2.40. The third-order valence-electron chi connectivity index (χ3n) is 3.38. The van der Waals surface area contributed by atoms with E-state index < -0.39 is 0 Å². The number of nitrogens with zero attached hydrogens (tertiary/aromatic N) is 2. The number of hydrogen-bond donors (Lipinski definition) is 2. The van der Waals surface area contributed by atoms with E-state index in [2.05, 4.69) is 17.2 Å². The van der Waals surface area contributed by atoms with Gasteiger partial charge < -0.3 is 15.3 Å². The minimum atomic E-state index is -0.290. The Labute approximate surface area is 123 Å². The highest BCUT2D eigenvalue weighted by atomic mass is 35.5. The van der Waals surface area contributed by atoms with Gasteiger partial charge in [-0.2, -0.15) is 0 Å². The Kier molecular flexibility index (Phi) is 5.20. The molecule has 20 heavy (non-hydrogen) atoms. The van der Waals surface area contributed by atoms with E-state index in [0.717, 1.165) is 13.0 Å². The van der Waals surface area contributed by atoms with E-state index in [-0.39, 0.29) is 12.0 Å². The smallest absolute Gasteiger partial charge is 0.255 e. The van der Waals surface area contributed by atoms with Crippen LogP contribution in [0, 0.1) is 0 Å². The second-order valence-electron chi connectivity index (χ2n) is 5.00. The molecule has 6 heteroatoms. The Hall–Kier alpha value is -1.33.